The van der Waals surface area contributed by atoms with Gasteiger partial charge in [-0.15, -0.1) is 0 Å². The standard InChI is InChI=1S/C16H15BrN2/c1-12-3-2-4-13(9-12)7-8-19-16-10-15(17)6-5-14(16)11-18/h2-6,9-10,19H,7-8H2,1H3. The Bertz CT molecular complexity index is 614. The van der Waals surface area contributed by atoms with E-state index in [4.69, 9.17) is 5.26 Å². The van der Waals surface area contributed by atoms with Crippen LogP contribution >= 0.6 is 15.9 Å². The van der Waals surface area contributed by atoms with Crippen LogP contribution < -0.4 is 5.32 Å². The molecule has 0 unspecified atom stereocenters. The van der Waals surface area contributed by atoms with E-state index in [-0.39, 0.29) is 0 Å². The molecule has 0 fully saturated rings. The van der Waals surface area contributed by atoms with E-state index in [0.29, 0.717) is 5.56 Å². The molecular formula is C16H15BrN2. The second kappa shape index (κ2) is 6.40. The van der Waals surface area contributed by atoms with Gasteiger partial charge in [0, 0.05) is 11.0 Å². The number of halogens is 1. The van der Waals surface area contributed by atoms with Gasteiger partial charge in [-0.05, 0) is 37.1 Å². The number of hydrogen-bond donors (Lipinski definition) is 1. The van der Waals surface area contributed by atoms with Crippen LogP contribution in [0.1, 0.15) is 16.7 Å². The minimum atomic E-state index is 0.674. The first-order valence-electron chi connectivity index (χ1n) is 6.18. The number of nitriles is 1. The Morgan fingerprint density at radius 3 is 2.79 bits per heavy atom. The molecule has 0 amide bonds. The number of hydrogen-bond acceptors (Lipinski definition) is 2. The number of nitrogens with one attached hydrogen (secondary N) is 1. The lowest BCUT2D eigenvalue weighted by Gasteiger charge is -2.09. The van der Waals surface area contributed by atoms with Gasteiger partial charge in [0.2, 0.25) is 0 Å². The van der Waals surface area contributed by atoms with Crippen molar-refractivity contribution >= 4 is 21.6 Å². The second-order valence-electron chi connectivity index (χ2n) is 4.47. The quantitative estimate of drug-likeness (QED) is 0.914. The summed E-state index contributed by atoms with van der Waals surface area (Å²) >= 11 is 3.42. The van der Waals surface area contributed by atoms with E-state index < -0.39 is 0 Å². The predicted octanol–water partition coefficient (Wildman–Crippen LogP) is 4.28. The van der Waals surface area contributed by atoms with Gasteiger partial charge >= 0.3 is 0 Å². The summed E-state index contributed by atoms with van der Waals surface area (Å²) in [4.78, 5) is 0. The lowest BCUT2D eigenvalue weighted by Crippen LogP contribution is -2.06. The Hall–Kier alpha value is -1.79. The zero-order valence-electron chi connectivity index (χ0n) is 10.8. The van der Waals surface area contributed by atoms with E-state index >= 15 is 0 Å². The predicted molar refractivity (Wildman–Crippen MR) is 82.2 cm³/mol. The molecule has 2 aromatic rings. The monoisotopic (exact) mass is 314 g/mol. The molecule has 0 aliphatic rings. The molecule has 19 heavy (non-hydrogen) atoms. The summed E-state index contributed by atoms with van der Waals surface area (Å²) in [5, 5.41) is 12.4. The fourth-order valence-corrected chi connectivity index (χ4v) is 2.33. The molecule has 96 valence electrons. The maximum Gasteiger partial charge on any atom is 0.101 e. The van der Waals surface area contributed by atoms with Gasteiger partial charge in [-0.1, -0.05) is 45.8 Å². The SMILES string of the molecule is Cc1cccc(CCNc2cc(Br)ccc2C#N)c1. The first-order chi connectivity index (χ1) is 9.19. The van der Waals surface area contributed by atoms with Crippen LogP contribution in [0.5, 0.6) is 0 Å². The average Bonchev–Trinajstić information content (AvgIpc) is 2.39. The summed E-state index contributed by atoms with van der Waals surface area (Å²) in [6.07, 6.45) is 0.944. The topological polar surface area (TPSA) is 35.8 Å². The number of nitrogens with zero attached hydrogens (tertiary/aromatic N) is 1. The highest BCUT2D eigenvalue weighted by molar-refractivity contribution is 9.10. The van der Waals surface area contributed by atoms with Crippen molar-refractivity contribution in [2.45, 2.75) is 13.3 Å². The molecule has 0 bridgehead atoms. The first kappa shape index (κ1) is 13.6. The van der Waals surface area contributed by atoms with Gasteiger partial charge in [-0.2, -0.15) is 5.26 Å². The van der Waals surface area contributed by atoms with Crippen LogP contribution in [0, 0.1) is 18.3 Å². The number of rotatable bonds is 4. The number of aryl methyl sites for hydroxylation is 1. The average molecular weight is 315 g/mol. The number of anilines is 1. The highest BCUT2D eigenvalue weighted by Crippen LogP contribution is 2.20. The summed E-state index contributed by atoms with van der Waals surface area (Å²) in [5.41, 5.74) is 4.13. The lowest BCUT2D eigenvalue weighted by molar-refractivity contribution is 1.02. The third-order valence-corrected chi connectivity index (χ3v) is 3.41. The summed E-state index contributed by atoms with van der Waals surface area (Å²) in [6.45, 7) is 2.91. The molecule has 0 radical (unpaired) electrons. The maximum atomic E-state index is 9.06. The molecule has 2 aromatic carbocycles. The molecule has 0 heterocycles. The molecule has 2 nitrogen and oxygen atoms in total. The molecule has 0 aromatic heterocycles. The molecule has 0 saturated heterocycles. The van der Waals surface area contributed by atoms with E-state index in [9.17, 15) is 0 Å². The summed E-state index contributed by atoms with van der Waals surface area (Å²) in [5.74, 6) is 0. The molecule has 3 heteroatoms. The third kappa shape index (κ3) is 3.84. The van der Waals surface area contributed by atoms with E-state index in [1.165, 1.54) is 11.1 Å². The van der Waals surface area contributed by atoms with E-state index in [1.54, 1.807) is 0 Å². The van der Waals surface area contributed by atoms with Crippen LogP contribution in [0.3, 0.4) is 0 Å². The van der Waals surface area contributed by atoms with Gasteiger partial charge < -0.3 is 5.32 Å². The van der Waals surface area contributed by atoms with Crippen molar-refractivity contribution in [3.05, 3.63) is 63.6 Å². The van der Waals surface area contributed by atoms with Gasteiger partial charge in [0.15, 0.2) is 0 Å². The number of benzene rings is 2. The first-order valence-corrected chi connectivity index (χ1v) is 6.97. The Morgan fingerprint density at radius 1 is 1.21 bits per heavy atom. The van der Waals surface area contributed by atoms with Crippen molar-refractivity contribution in [1.29, 1.82) is 5.26 Å². The highest BCUT2D eigenvalue weighted by atomic mass is 79.9. The summed E-state index contributed by atoms with van der Waals surface area (Å²) < 4.78 is 0.976. The second-order valence-corrected chi connectivity index (χ2v) is 5.38. The third-order valence-electron chi connectivity index (χ3n) is 2.91. The van der Waals surface area contributed by atoms with Crippen molar-refractivity contribution in [3.8, 4) is 6.07 Å². The van der Waals surface area contributed by atoms with Crippen LogP contribution in [0.4, 0.5) is 5.69 Å². The normalized spacial score (nSPS) is 9.95. The minimum absolute atomic E-state index is 0.674. The Kier molecular flexibility index (Phi) is 4.59. The van der Waals surface area contributed by atoms with Crippen LogP contribution in [0.25, 0.3) is 0 Å². The van der Waals surface area contributed by atoms with Crippen molar-refractivity contribution < 1.29 is 0 Å². The van der Waals surface area contributed by atoms with E-state index in [0.717, 1.165) is 23.1 Å². The smallest absolute Gasteiger partial charge is 0.101 e. The minimum Gasteiger partial charge on any atom is -0.384 e. The van der Waals surface area contributed by atoms with E-state index in [1.807, 2.05) is 18.2 Å². The molecule has 0 saturated carbocycles. The Morgan fingerprint density at radius 2 is 2.05 bits per heavy atom. The molecule has 0 aliphatic heterocycles. The Balaban J connectivity index is 2.00. The summed E-state index contributed by atoms with van der Waals surface area (Å²) in [6, 6.07) is 16.3. The lowest BCUT2D eigenvalue weighted by atomic mass is 10.1. The molecule has 0 aliphatic carbocycles. The van der Waals surface area contributed by atoms with Gasteiger partial charge in [0.1, 0.15) is 6.07 Å². The largest absolute Gasteiger partial charge is 0.384 e. The van der Waals surface area contributed by atoms with Crippen LogP contribution in [-0.2, 0) is 6.42 Å². The van der Waals surface area contributed by atoms with Gasteiger partial charge in [-0.3, -0.25) is 0 Å². The maximum absolute atomic E-state index is 9.06. The zero-order valence-corrected chi connectivity index (χ0v) is 12.4. The highest BCUT2D eigenvalue weighted by Gasteiger charge is 2.02. The van der Waals surface area contributed by atoms with E-state index in [2.05, 4.69) is 58.5 Å². The van der Waals surface area contributed by atoms with Gasteiger partial charge in [0.05, 0.1) is 11.3 Å². The fourth-order valence-electron chi connectivity index (χ4n) is 1.97. The Labute approximate surface area is 122 Å². The summed E-state index contributed by atoms with van der Waals surface area (Å²) in [7, 11) is 0. The van der Waals surface area contributed by atoms with Crippen molar-refractivity contribution in [2.75, 3.05) is 11.9 Å². The van der Waals surface area contributed by atoms with Crippen LogP contribution in [-0.4, -0.2) is 6.54 Å². The van der Waals surface area contributed by atoms with Gasteiger partial charge in [0.25, 0.3) is 0 Å². The molecular weight excluding hydrogens is 300 g/mol. The molecule has 1 N–H and O–H groups in total. The fraction of sp³-hybridized carbons (Fsp3) is 0.188. The van der Waals surface area contributed by atoms with Crippen LogP contribution in [0.2, 0.25) is 0 Å². The zero-order chi connectivity index (χ0) is 13.7. The molecule has 2 rings (SSSR count). The van der Waals surface area contributed by atoms with Crippen molar-refractivity contribution in [1.82, 2.24) is 0 Å². The van der Waals surface area contributed by atoms with Crippen LogP contribution in [0.15, 0.2) is 46.9 Å². The molecule has 0 spiro atoms. The van der Waals surface area contributed by atoms with Gasteiger partial charge in [-0.25, -0.2) is 0 Å². The van der Waals surface area contributed by atoms with Crippen molar-refractivity contribution in [2.24, 2.45) is 0 Å². The molecule has 0 atom stereocenters. The van der Waals surface area contributed by atoms with Crippen molar-refractivity contribution in [3.63, 3.8) is 0 Å².